The second-order valence-electron chi connectivity index (χ2n) is 2.83. The van der Waals surface area contributed by atoms with Crippen molar-refractivity contribution in [3.05, 3.63) is 24.0 Å². The van der Waals surface area contributed by atoms with Crippen molar-refractivity contribution in [2.75, 3.05) is 18.5 Å². The van der Waals surface area contributed by atoms with Gasteiger partial charge in [0.2, 0.25) is 5.91 Å². The predicted molar refractivity (Wildman–Crippen MR) is 55.3 cm³/mol. The van der Waals surface area contributed by atoms with Gasteiger partial charge in [-0.05, 0) is 19.1 Å². The van der Waals surface area contributed by atoms with E-state index in [4.69, 9.17) is 10.5 Å². The van der Waals surface area contributed by atoms with Crippen LogP contribution in [-0.4, -0.2) is 19.1 Å². The van der Waals surface area contributed by atoms with E-state index in [9.17, 15) is 9.18 Å². The molecule has 0 aliphatic carbocycles. The van der Waals surface area contributed by atoms with Crippen molar-refractivity contribution in [1.82, 2.24) is 0 Å². The maximum Gasteiger partial charge on any atom is 0.238 e. The van der Waals surface area contributed by atoms with Crippen molar-refractivity contribution in [1.29, 1.82) is 0 Å². The van der Waals surface area contributed by atoms with Crippen LogP contribution in [0.25, 0.3) is 0 Å². The molecular weight excluding hydrogens is 199 g/mol. The molecule has 15 heavy (non-hydrogen) atoms. The van der Waals surface area contributed by atoms with E-state index in [0.717, 1.165) is 0 Å². The zero-order chi connectivity index (χ0) is 11.3. The lowest BCUT2D eigenvalue weighted by molar-refractivity contribution is -0.114. The van der Waals surface area contributed by atoms with E-state index in [0.29, 0.717) is 12.3 Å². The van der Waals surface area contributed by atoms with Gasteiger partial charge in [-0.15, -0.1) is 0 Å². The second-order valence-corrected chi connectivity index (χ2v) is 2.83. The lowest BCUT2D eigenvalue weighted by atomic mass is 10.3. The molecule has 4 nitrogen and oxygen atoms in total. The third kappa shape index (κ3) is 3.21. The average Bonchev–Trinajstić information content (AvgIpc) is 2.22. The van der Waals surface area contributed by atoms with Crippen molar-refractivity contribution < 1.29 is 13.9 Å². The van der Waals surface area contributed by atoms with Gasteiger partial charge in [0.25, 0.3) is 0 Å². The SMILES string of the molecule is CCOc1ccc(NC(=O)CN)cc1F. The molecule has 0 bridgehead atoms. The maximum atomic E-state index is 13.3. The predicted octanol–water partition coefficient (Wildman–Crippen LogP) is 1.12. The van der Waals surface area contributed by atoms with E-state index in [1.807, 2.05) is 0 Å². The fourth-order valence-corrected chi connectivity index (χ4v) is 1.06. The van der Waals surface area contributed by atoms with Gasteiger partial charge in [-0.1, -0.05) is 0 Å². The third-order valence-electron chi connectivity index (χ3n) is 1.70. The Hall–Kier alpha value is -1.62. The van der Waals surface area contributed by atoms with Crippen molar-refractivity contribution in [2.45, 2.75) is 6.92 Å². The number of hydrogen-bond acceptors (Lipinski definition) is 3. The zero-order valence-electron chi connectivity index (χ0n) is 8.42. The summed E-state index contributed by atoms with van der Waals surface area (Å²) in [4.78, 5) is 10.9. The van der Waals surface area contributed by atoms with Crippen LogP contribution in [0.5, 0.6) is 5.75 Å². The lowest BCUT2D eigenvalue weighted by Crippen LogP contribution is -2.21. The fraction of sp³-hybridized carbons (Fsp3) is 0.300. The number of amides is 1. The number of halogens is 1. The number of carbonyl (C=O) groups is 1. The van der Waals surface area contributed by atoms with Crippen LogP contribution in [0.4, 0.5) is 10.1 Å². The summed E-state index contributed by atoms with van der Waals surface area (Å²) in [6.07, 6.45) is 0. The number of rotatable bonds is 4. The number of carbonyl (C=O) groups excluding carboxylic acids is 1. The zero-order valence-corrected chi connectivity index (χ0v) is 8.42. The Morgan fingerprint density at radius 2 is 2.33 bits per heavy atom. The summed E-state index contributed by atoms with van der Waals surface area (Å²) >= 11 is 0. The highest BCUT2D eigenvalue weighted by molar-refractivity contribution is 5.92. The van der Waals surface area contributed by atoms with Crippen LogP contribution in [-0.2, 0) is 4.79 Å². The van der Waals surface area contributed by atoms with Crippen LogP contribution >= 0.6 is 0 Å². The molecule has 0 atom stereocenters. The summed E-state index contributed by atoms with van der Waals surface area (Å²) < 4.78 is 18.3. The van der Waals surface area contributed by atoms with Crippen molar-refractivity contribution >= 4 is 11.6 Å². The summed E-state index contributed by atoms with van der Waals surface area (Å²) in [7, 11) is 0. The molecule has 0 aromatic heterocycles. The lowest BCUT2D eigenvalue weighted by Gasteiger charge is -2.07. The van der Waals surface area contributed by atoms with Gasteiger partial charge in [0.05, 0.1) is 13.2 Å². The quantitative estimate of drug-likeness (QED) is 0.786. The monoisotopic (exact) mass is 212 g/mol. The Morgan fingerprint density at radius 3 is 2.87 bits per heavy atom. The Labute approximate surface area is 87.2 Å². The summed E-state index contributed by atoms with van der Waals surface area (Å²) in [6.45, 7) is 2.03. The van der Waals surface area contributed by atoms with Crippen molar-refractivity contribution in [2.24, 2.45) is 5.73 Å². The van der Waals surface area contributed by atoms with E-state index in [-0.39, 0.29) is 18.2 Å². The van der Waals surface area contributed by atoms with Gasteiger partial charge in [0.1, 0.15) is 0 Å². The minimum absolute atomic E-state index is 0.130. The summed E-state index contributed by atoms with van der Waals surface area (Å²) in [6, 6.07) is 4.21. The molecule has 0 aliphatic rings. The molecular formula is C10H13FN2O2. The molecule has 0 heterocycles. The van der Waals surface area contributed by atoms with Gasteiger partial charge >= 0.3 is 0 Å². The first-order valence-electron chi connectivity index (χ1n) is 4.59. The van der Waals surface area contributed by atoms with E-state index in [2.05, 4.69) is 5.32 Å². The first-order chi connectivity index (χ1) is 7.17. The van der Waals surface area contributed by atoms with Gasteiger partial charge in [0.15, 0.2) is 11.6 Å². The fourth-order valence-electron chi connectivity index (χ4n) is 1.06. The third-order valence-corrected chi connectivity index (χ3v) is 1.70. The van der Waals surface area contributed by atoms with Crippen LogP contribution in [0.2, 0.25) is 0 Å². The molecule has 1 aromatic carbocycles. The number of nitrogens with one attached hydrogen (secondary N) is 1. The first kappa shape index (κ1) is 11.5. The molecule has 0 radical (unpaired) electrons. The van der Waals surface area contributed by atoms with Gasteiger partial charge in [-0.25, -0.2) is 4.39 Å². The summed E-state index contributed by atoms with van der Waals surface area (Å²) in [5.41, 5.74) is 5.47. The topological polar surface area (TPSA) is 64.3 Å². The molecule has 0 fully saturated rings. The number of anilines is 1. The van der Waals surface area contributed by atoms with Gasteiger partial charge < -0.3 is 15.8 Å². The Bertz CT molecular complexity index is 355. The molecule has 0 saturated carbocycles. The van der Waals surface area contributed by atoms with Crippen molar-refractivity contribution in [3.8, 4) is 5.75 Å². The number of nitrogens with two attached hydrogens (primary N) is 1. The summed E-state index contributed by atoms with van der Waals surface area (Å²) in [5.74, 6) is -0.700. The Kier molecular flexibility index (Phi) is 4.05. The highest BCUT2D eigenvalue weighted by Crippen LogP contribution is 2.20. The molecule has 0 saturated heterocycles. The molecule has 3 N–H and O–H groups in total. The second kappa shape index (κ2) is 5.31. The minimum Gasteiger partial charge on any atom is -0.491 e. The van der Waals surface area contributed by atoms with Crippen LogP contribution in [0, 0.1) is 5.82 Å². The van der Waals surface area contributed by atoms with Crippen LogP contribution in [0.3, 0.4) is 0 Å². The number of benzene rings is 1. The van der Waals surface area contributed by atoms with Crippen LogP contribution < -0.4 is 15.8 Å². The minimum atomic E-state index is -0.508. The largest absolute Gasteiger partial charge is 0.491 e. The average molecular weight is 212 g/mol. The van der Waals surface area contributed by atoms with Crippen LogP contribution in [0.1, 0.15) is 6.92 Å². The van der Waals surface area contributed by atoms with E-state index in [1.165, 1.54) is 12.1 Å². The van der Waals surface area contributed by atoms with Gasteiger partial charge in [-0.3, -0.25) is 4.79 Å². The highest BCUT2D eigenvalue weighted by atomic mass is 19.1. The molecule has 0 unspecified atom stereocenters. The molecule has 1 amide bonds. The number of hydrogen-bond donors (Lipinski definition) is 2. The maximum absolute atomic E-state index is 13.3. The molecule has 1 aromatic rings. The van der Waals surface area contributed by atoms with Crippen molar-refractivity contribution in [3.63, 3.8) is 0 Å². The standard InChI is InChI=1S/C10H13FN2O2/c1-2-15-9-4-3-7(5-8(9)11)13-10(14)6-12/h3-5H,2,6,12H2,1H3,(H,13,14). The molecule has 5 heteroatoms. The Morgan fingerprint density at radius 1 is 1.60 bits per heavy atom. The Balaban J connectivity index is 2.77. The molecule has 0 spiro atoms. The van der Waals surface area contributed by atoms with E-state index in [1.54, 1.807) is 13.0 Å². The summed E-state index contributed by atoms with van der Waals surface area (Å²) in [5, 5.41) is 2.44. The molecule has 0 aliphatic heterocycles. The van der Waals surface area contributed by atoms with E-state index >= 15 is 0 Å². The normalized spacial score (nSPS) is 9.80. The van der Waals surface area contributed by atoms with Crippen LogP contribution in [0.15, 0.2) is 18.2 Å². The van der Waals surface area contributed by atoms with Gasteiger partial charge in [-0.2, -0.15) is 0 Å². The molecule has 82 valence electrons. The molecule has 1 rings (SSSR count). The smallest absolute Gasteiger partial charge is 0.238 e. The number of ether oxygens (including phenoxy) is 1. The first-order valence-corrected chi connectivity index (χ1v) is 4.59. The van der Waals surface area contributed by atoms with E-state index < -0.39 is 5.82 Å². The van der Waals surface area contributed by atoms with Gasteiger partial charge in [0, 0.05) is 11.8 Å². The highest BCUT2D eigenvalue weighted by Gasteiger charge is 2.05.